The lowest BCUT2D eigenvalue weighted by Gasteiger charge is -2.43. The molecule has 18 heavy (non-hydrogen) atoms. The number of halogens is 2. The molecular formula is C13H15Cl2NO2. The van der Waals surface area contributed by atoms with Crippen LogP contribution in [0.2, 0.25) is 10.0 Å². The van der Waals surface area contributed by atoms with E-state index in [9.17, 15) is 4.79 Å². The van der Waals surface area contributed by atoms with Gasteiger partial charge in [0.2, 0.25) is 0 Å². The van der Waals surface area contributed by atoms with Gasteiger partial charge in [0.25, 0.3) is 0 Å². The third-order valence-corrected chi connectivity index (χ3v) is 4.01. The first-order valence-electron chi connectivity index (χ1n) is 5.83. The maximum absolute atomic E-state index is 11.6. The first-order valence-corrected chi connectivity index (χ1v) is 6.58. The second kappa shape index (κ2) is 5.47. The summed E-state index contributed by atoms with van der Waals surface area (Å²) in [4.78, 5) is 13.6. The molecule has 0 N–H and O–H groups in total. The van der Waals surface area contributed by atoms with Crippen molar-refractivity contribution in [3.8, 4) is 0 Å². The van der Waals surface area contributed by atoms with Gasteiger partial charge in [-0.15, -0.1) is 0 Å². The Bertz CT molecular complexity index is 464. The highest BCUT2D eigenvalue weighted by molar-refractivity contribution is 6.35. The molecule has 1 aliphatic heterocycles. The van der Waals surface area contributed by atoms with Crippen LogP contribution in [0.5, 0.6) is 0 Å². The summed E-state index contributed by atoms with van der Waals surface area (Å²) in [6.07, 6.45) is 0.836. The zero-order chi connectivity index (χ0) is 13.3. The van der Waals surface area contributed by atoms with Crippen molar-refractivity contribution in [2.24, 2.45) is 0 Å². The summed E-state index contributed by atoms with van der Waals surface area (Å²) in [5.74, 6) is -0.182. The smallest absolute Gasteiger partial charge is 0.323 e. The molecule has 1 aromatic carbocycles. The first kappa shape index (κ1) is 13.7. The predicted octanol–water partition coefficient (Wildman–Crippen LogP) is 3.30. The van der Waals surface area contributed by atoms with Gasteiger partial charge in [-0.1, -0.05) is 29.3 Å². The normalized spacial score (nSPS) is 21.2. The molecule has 0 radical (unpaired) electrons. The molecule has 0 amide bonds. The summed E-state index contributed by atoms with van der Waals surface area (Å²) in [5.41, 5.74) is 0.981. The number of esters is 1. The van der Waals surface area contributed by atoms with E-state index in [1.54, 1.807) is 6.07 Å². The Morgan fingerprint density at radius 1 is 1.50 bits per heavy atom. The largest absolute Gasteiger partial charge is 0.468 e. The van der Waals surface area contributed by atoms with Crippen LogP contribution in [0.15, 0.2) is 18.2 Å². The topological polar surface area (TPSA) is 29.5 Å². The molecule has 1 fully saturated rings. The summed E-state index contributed by atoms with van der Waals surface area (Å²) < 4.78 is 4.79. The van der Waals surface area contributed by atoms with Crippen molar-refractivity contribution in [1.82, 2.24) is 4.90 Å². The summed E-state index contributed by atoms with van der Waals surface area (Å²) >= 11 is 12.1. The van der Waals surface area contributed by atoms with Crippen LogP contribution in [0.25, 0.3) is 0 Å². The minimum absolute atomic E-state index is 0.0765. The van der Waals surface area contributed by atoms with Crippen molar-refractivity contribution in [2.45, 2.75) is 25.4 Å². The molecule has 0 aliphatic carbocycles. The molecule has 98 valence electrons. The minimum Gasteiger partial charge on any atom is -0.468 e. The molecule has 0 bridgehead atoms. The summed E-state index contributed by atoms with van der Waals surface area (Å²) in [6.45, 7) is 2.91. The van der Waals surface area contributed by atoms with E-state index in [0.717, 1.165) is 18.5 Å². The average molecular weight is 288 g/mol. The van der Waals surface area contributed by atoms with E-state index in [1.165, 1.54) is 7.11 Å². The van der Waals surface area contributed by atoms with Crippen molar-refractivity contribution in [3.63, 3.8) is 0 Å². The summed E-state index contributed by atoms with van der Waals surface area (Å²) in [6, 6.07) is 5.36. The van der Waals surface area contributed by atoms with Crippen LogP contribution in [0.3, 0.4) is 0 Å². The van der Waals surface area contributed by atoms with Crippen LogP contribution < -0.4 is 0 Å². The molecule has 1 aliphatic rings. The molecule has 5 heteroatoms. The van der Waals surface area contributed by atoms with Crippen LogP contribution in [-0.2, 0) is 9.53 Å². The van der Waals surface area contributed by atoms with Gasteiger partial charge < -0.3 is 4.74 Å². The number of hydrogen-bond donors (Lipinski definition) is 0. The van der Waals surface area contributed by atoms with Crippen LogP contribution in [0, 0.1) is 0 Å². The van der Waals surface area contributed by atoms with E-state index in [1.807, 2.05) is 19.1 Å². The number of carbonyl (C=O) groups excluding carboxylic acids is 1. The Kier molecular flexibility index (Phi) is 4.15. The number of carbonyl (C=O) groups is 1. The predicted molar refractivity (Wildman–Crippen MR) is 72.0 cm³/mol. The van der Waals surface area contributed by atoms with Gasteiger partial charge in [-0.25, -0.2) is 0 Å². The molecule has 0 spiro atoms. The molecule has 3 nitrogen and oxygen atoms in total. The standard InChI is InChI=1S/C13H15Cl2NO2/c1-8(10-4-3-9(14)7-11(10)15)16-6-5-12(16)13(17)18-2/h3-4,7-8,12H,5-6H2,1-2H3. The zero-order valence-corrected chi connectivity index (χ0v) is 11.8. The molecule has 2 rings (SSSR count). The number of hydrogen-bond acceptors (Lipinski definition) is 3. The Hall–Kier alpha value is -0.770. The van der Waals surface area contributed by atoms with E-state index in [2.05, 4.69) is 4.90 Å². The van der Waals surface area contributed by atoms with Gasteiger partial charge >= 0.3 is 5.97 Å². The van der Waals surface area contributed by atoms with Gasteiger partial charge in [-0.2, -0.15) is 0 Å². The first-order chi connectivity index (χ1) is 8.54. The molecule has 2 atom stereocenters. The average Bonchev–Trinajstić information content (AvgIpc) is 2.27. The Labute approximate surface area is 117 Å². The SMILES string of the molecule is COC(=O)C1CCN1C(C)c1ccc(Cl)cc1Cl. The third-order valence-electron chi connectivity index (χ3n) is 3.44. The number of nitrogens with zero attached hydrogens (tertiary/aromatic N) is 1. The van der Waals surface area contributed by atoms with Gasteiger partial charge in [0.15, 0.2) is 0 Å². The van der Waals surface area contributed by atoms with Gasteiger partial charge in [0.05, 0.1) is 7.11 Å². The Morgan fingerprint density at radius 2 is 2.22 bits per heavy atom. The summed E-state index contributed by atoms with van der Waals surface area (Å²) in [5, 5.41) is 1.24. The number of likely N-dealkylation sites (tertiary alicyclic amines) is 1. The molecule has 1 heterocycles. The van der Waals surface area contributed by atoms with E-state index >= 15 is 0 Å². The van der Waals surface area contributed by atoms with Crippen LogP contribution >= 0.6 is 23.2 Å². The van der Waals surface area contributed by atoms with E-state index in [4.69, 9.17) is 27.9 Å². The van der Waals surface area contributed by atoms with Gasteiger partial charge in [0.1, 0.15) is 6.04 Å². The monoisotopic (exact) mass is 287 g/mol. The highest BCUT2D eigenvalue weighted by Crippen LogP contribution is 2.35. The fraction of sp³-hybridized carbons (Fsp3) is 0.462. The summed E-state index contributed by atoms with van der Waals surface area (Å²) in [7, 11) is 1.42. The number of rotatable bonds is 3. The maximum atomic E-state index is 11.6. The molecule has 2 unspecified atom stereocenters. The van der Waals surface area contributed by atoms with Crippen molar-refractivity contribution in [3.05, 3.63) is 33.8 Å². The highest BCUT2D eigenvalue weighted by atomic mass is 35.5. The van der Waals surface area contributed by atoms with Crippen molar-refractivity contribution in [2.75, 3.05) is 13.7 Å². The second-order valence-electron chi connectivity index (χ2n) is 4.41. The molecule has 0 aromatic heterocycles. The van der Waals surface area contributed by atoms with Crippen molar-refractivity contribution >= 4 is 29.2 Å². The Morgan fingerprint density at radius 3 is 2.72 bits per heavy atom. The third kappa shape index (κ3) is 2.48. The zero-order valence-electron chi connectivity index (χ0n) is 10.3. The lowest BCUT2D eigenvalue weighted by atomic mass is 9.96. The number of benzene rings is 1. The lowest BCUT2D eigenvalue weighted by molar-refractivity contribution is -0.153. The quantitative estimate of drug-likeness (QED) is 0.799. The fourth-order valence-corrected chi connectivity index (χ4v) is 2.85. The Balaban J connectivity index is 2.16. The number of ether oxygens (including phenoxy) is 1. The molecule has 0 saturated carbocycles. The van der Waals surface area contributed by atoms with Crippen LogP contribution in [-0.4, -0.2) is 30.6 Å². The number of methoxy groups -OCH3 is 1. The van der Waals surface area contributed by atoms with Crippen LogP contribution in [0.1, 0.15) is 24.9 Å². The molecule has 1 saturated heterocycles. The lowest BCUT2D eigenvalue weighted by Crippen LogP contribution is -2.53. The fourth-order valence-electron chi connectivity index (χ4n) is 2.28. The van der Waals surface area contributed by atoms with E-state index in [0.29, 0.717) is 10.0 Å². The van der Waals surface area contributed by atoms with E-state index < -0.39 is 0 Å². The van der Waals surface area contributed by atoms with Gasteiger partial charge in [-0.3, -0.25) is 9.69 Å². The van der Waals surface area contributed by atoms with Crippen LogP contribution in [0.4, 0.5) is 0 Å². The maximum Gasteiger partial charge on any atom is 0.323 e. The molecule has 1 aromatic rings. The highest BCUT2D eigenvalue weighted by Gasteiger charge is 2.38. The van der Waals surface area contributed by atoms with E-state index in [-0.39, 0.29) is 18.1 Å². The van der Waals surface area contributed by atoms with Gasteiger partial charge in [-0.05, 0) is 31.0 Å². The minimum atomic E-state index is -0.182. The van der Waals surface area contributed by atoms with Crippen molar-refractivity contribution < 1.29 is 9.53 Å². The van der Waals surface area contributed by atoms with Crippen molar-refractivity contribution in [1.29, 1.82) is 0 Å². The van der Waals surface area contributed by atoms with Gasteiger partial charge in [0, 0.05) is 22.6 Å². The second-order valence-corrected chi connectivity index (χ2v) is 5.25. The molecular weight excluding hydrogens is 273 g/mol.